The fourth-order valence-corrected chi connectivity index (χ4v) is 3.07. The fraction of sp³-hybridized carbons (Fsp3) is 0.133. The van der Waals surface area contributed by atoms with Crippen LogP contribution in [-0.4, -0.2) is 16.3 Å². The third-order valence-electron chi connectivity index (χ3n) is 2.68. The molecule has 0 heterocycles. The molecule has 0 spiro atoms. The smallest absolute Gasteiger partial charge is 0.317 e. The van der Waals surface area contributed by atoms with Gasteiger partial charge in [-0.05, 0) is 48.4 Å². The Morgan fingerprint density at radius 3 is 2.40 bits per heavy atom. The minimum Gasteiger partial charge on any atom is -0.480 e. The molecule has 2 nitrogen and oxygen atoms in total. The first-order valence-electron chi connectivity index (χ1n) is 5.94. The summed E-state index contributed by atoms with van der Waals surface area (Å²) < 4.78 is 0. The van der Waals surface area contributed by atoms with E-state index in [0.717, 1.165) is 10.5 Å². The maximum absolute atomic E-state index is 11.4. The zero-order chi connectivity index (χ0) is 14.5. The summed E-state index contributed by atoms with van der Waals surface area (Å²) in [6.07, 6.45) is 0.420. The van der Waals surface area contributed by atoms with Crippen molar-refractivity contribution in [2.45, 2.75) is 16.6 Å². The lowest BCUT2D eigenvalue weighted by Crippen LogP contribution is -2.19. The number of carboxylic acids is 1. The van der Waals surface area contributed by atoms with E-state index in [2.05, 4.69) is 0 Å². The van der Waals surface area contributed by atoms with E-state index in [9.17, 15) is 9.90 Å². The number of hydrogen-bond acceptors (Lipinski definition) is 2. The summed E-state index contributed by atoms with van der Waals surface area (Å²) in [6, 6.07) is 14.4. The molecule has 0 unspecified atom stereocenters. The highest BCUT2D eigenvalue weighted by molar-refractivity contribution is 8.00. The quantitative estimate of drug-likeness (QED) is 0.803. The predicted octanol–water partition coefficient (Wildman–Crippen LogP) is 4.78. The fourth-order valence-electron chi connectivity index (χ4n) is 1.73. The van der Waals surface area contributed by atoms with E-state index < -0.39 is 11.2 Å². The van der Waals surface area contributed by atoms with Gasteiger partial charge in [-0.2, -0.15) is 0 Å². The topological polar surface area (TPSA) is 37.3 Å². The lowest BCUT2D eigenvalue weighted by molar-refractivity contribution is -0.136. The van der Waals surface area contributed by atoms with Gasteiger partial charge in [0.1, 0.15) is 5.25 Å². The van der Waals surface area contributed by atoms with Crippen LogP contribution < -0.4 is 0 Å². The molecule has 0 aliphatic heterocycles. The minimum atomic E-state index is -0.843. The molecule has 2 aromatic rings. The highest BCUT2D eigenvalue weighted by Crippen LogP contribution is 2.27. The van der Waals surface area contributed by atoms with Crippen LogP contribution in [0.2, 0.25) is 10.0 Å². The monoisotopic (exact) mass is 326 g/mol. The first kappa shape index (κ1) is 15.2. The summed E-state index contributed by atoms with van der Waals surface area (Å²) in [6.45, 7) is 0. The van der Waals surface area contributed by atoms with Gasteiger partial charge in [-0.3, -0.25) is 4.79 Å². The number of thioether (sulfide) groups is 1. The van der Waals surface area contributed by atoms with Gasteiger partial charge in [-0.25, -0.2) is 0 Å². The van der Waals surface area contributed by atoms with Crippen molar-refractivity contribution in [3.8, 4) is 0 Å². The van der Waals surface area contributed by atoms with E-state index in [1.54, 1.807) is 24.3 Å². The molecule has 1 N–H and O–H groups in total. The Labute approximate surface area is 131 Å². The van der Waals surface area contributed by atoms with Crippen LogP contribution in [0.4, 0.5) is 0 Å². The number of carboxylic acid groups (broad SMARTS) is 1. The number of hydrogen-bond donors (Lipinski definition) is 1. The number of halogens is 2. The van der Waals surface area contributed by atoms with Crippen molar-refractivity contribution < 1.29 is 9.90 Å². The molecule has 0 aliphatic carbocycles. The van der Waals surface area contributed by atoms with Crippen molar-refractivity contribution in [1.29, 1.82) is 0 Å². The predicted molar refractivity (Wildman–Crippen MR) is 83.9 cm³/mol. The summed E-state index contributed by atoms with van der Waals surface area (Å²) in [5.74, 6) is -0.843. The van der Waals surface area contributed by atoms with Crippen molar-refractivity contribution in [3.05, 3.63) is 64.1 Å². The van der Waals surface area contributed by atoms with Crippen LogP contribution in [0, 0.1) is 0 Å². The molecule has 104 valence electrons. The molecule has 2 aromatic carbocycles. The molecule has 0 saturated carbocycles. The number of carbonyl (C=O) groups is 1. The molecule has 0 aliphatic rings. The van der Waals surface area contributed by atoms with Gasteiger partial charge >= 0.3 is 5.97 Å². The number of benzene rings is 2. The van der Waals surface area contributed by atoms with Crippen LogP contribution in [0.25, 0.3) is 0 Å². The summed E-state index contributed by atoms with van der Waals surface area (Å²) >= 11 is 13.0. The van der Waals surface area contributed by atoms with E-state index in [4.69, 9.17) is 23.2 Å². The molecule has 5 heteroatoms. The molecule has 0 amide bonds. The van der Waals surface area contributed by atoms with Gasteiger partial charge in [0.2, 0.25) is 0 Å². The van der Waals surface area contributed by atoms with Gasteiger partial charge in [0.05, 0.1) is 0 Å². The highest BCUT2D eigenvalue weighted by atomic mass is 35.5. The third-order valence-corrected chi connectivity index (χ3v) is 4.36. The average molecular weight is 327 g/mol. The molecule has 0 fully saturated rings. The highest BCUT2D eigenvalue weighted by Gasteiger charge is 2.19. The summed E-state index contributed by atoms with van der Waals surface area (Å²) in [7, 11) is 0. The SMILES string of the molecule is O=C(O)[C@H](Cc1cccc(Cl)c1)Sc1ccc(Cl)cc1. The molecule has 2 rings (SSSR count). The minimum absolute atomic E-state index is 0.420. The van der Waals surface area contributed by atoms with Crippen molar-refractivity contribution in [1.82, 2.24) is 0 Å². The van der Waals surface area contributed by atoms with E-state index in [-0.39, 0.29) is 0 Å². The Hall–Kier alpha value is -1.16. The summed E-state index contributed by atoms with van der Waals surface area (Å²) in [5.41, 5.74) is 0.909. The largest absolute Gasteiger partial charge is 0.480 e. The van der Waals surface area contributed by atoms with Crippen LogP contribution in [0.3, 0.4) is 0 Å². The Morgan fingerprint density at radius 1 is 1.10 bits per heavy atom. The van der Waals surface area contributed by atoms with Gasteiger partial charge in [0.15, 0.2) is 0 Å². The molecule has 0 radical (unpaired) electrons. The molecular weight excluding hydrogens is 315 g/mol. The second-order valence-corrected chi connectivity index (χ2v) is 6.38. The normalized spacial score (nSPS) is 12.1. The van der Waals surface area contributed by atoms with Crippen LogP contribution in [0.1, 0.15) is 5.56 Å². The Balaban J connectivity index is 2.11. The zero-order valence-electron chi connectivity index (χ0n) is 10.4. The van der Waals surface area contributed by atoms with Crippen LogP contribution in [0.5, 0.6) is 0 Å². The molecule has 0 saturated heterocycles. The maximum atomic E-state index is 11.4. The van der Waals surface area contributed by atoms with Crippen LogP contribution in [0.15, 0.2) is 53.4 Å². The van der Waals surface area contributed by atoms with Crippen molar-refractivity contribution >= 4 is 40.9 Å². The molecule has 0 bridgehead atoms. The molecular formula is C15H12Cl2O2S. The first-order chi connectivity index (χ1) is 9.54. The van der Waals surface area contributed by atoms with Gasteiger partial charge < -0.3 is 5.11 Å². The Kier molecular flexibility index (Phi) is 5.35. The lowest BCUT2D eigenvalue weighted by atomic mass is 10.1. The Morgan fingerprint density at radius 2 is 1.80 bits per heavy atom. The third kappa shape index (κ3) is 4.44. The van der Waals surface area contributed by atoms with Gasteiger partial charge in [-0.1, -0.05) is 35.3 Å². The molecule has 20 heavy (non-hydrogen) atoms. The first-order valence-corrected chi connectivity index (χ1v) is 7.57. The van der Waals surface area contributed by atoms with Crippen molar-refractivity contribution in [2.24, 2.45) is 0 Å². The summed E-state index contributed by atoms with van der Waals surface area (Å²) in [4.78, 5) is 12.3. The number of aliphatic carboxylic acids is 1. The van der Waals surface area contributed by atoms with Crippen molar-refractivity contribution in [3.63, 3.8) is 0 Å². The standard InChI is InChI=1S/C15H12Cl2O2S/c16-11-4-6-13(7-5-11)20-14(15(18)19)9-10-2-1-3-12(17)8-10/h1-8,14H,9H2,(H,18,19)/t14-/m0/s1. The van der Waals surface area contributed by atoms with E-state index in [1.807, 2.05) is 24.3 Å². The molecule has 1 atom stereocenters. The zero-order valence-corrected chi connectivity index (χ0v) is 12.8. The van der Waals surface area contributed by atoms with Crippen LogP contribution in [-0.2, 0) is 11.2 Å². The van der Waals surface area contributed by atoms with Gasteiger partial charge in [-0.15, -0.1) is 11.8 Å². The second-order valence-electron chi connectivity index (χ2n) is 4.23. The second kappa shape index (κ2) is 7.02. The van der Waals surface area contributed by atoms with Gasteiger partial charge in [0.25, 0.3) is 0 Å². The van der Waals surface area contributed by atoms with E-state index >= 15 is 0 Å². The Bertz CT molecular complexity index is 599. The van der Waals surface area contributed by atoms with Crippen molar-refractivity contribution in [2.75, 3.05) is 0 Å². The molecule has 0 aromatic heterocycles. The summed E-state index contributed by atoms with van der Waals surface area (Å²) in [5, 5.41) is 10.0. The lowest BCUT2D eigenvalue weighted by Gasteiger charge is -2.12. The maximum Gasteiger partial charge on any atom is 0.317 e. The number of rotatable bonds is 5. The van der Waals surface area contributed by atoms with E-state index in [0.29, 0.717) is 16.5 Å². The average Bonchev–Trinajstić information content (AvgIpc) is 2.40. The van der Waals surface area contributed by atoms with Gasteiger partial charge in [0, 0.05) is 14.9 Å². The van der Waals surface area contributed by atoms with E-state index in [1.165, 1.54) is 11.8 Å². The van der Waals surface area contributed by atoms with Crippen LogP contribution >= 0.6 is 35.0 Å².